The van der Waals surface area contributed by atoms with Gasteiger partial charge in [-0.1, -0.05) is 0 Å². The molecule has 0 aliphatic carbocycles. The van der Waals surface area contributed by atoms with Crippen LogP contribution in [0.3, 0.4) is 0 Å². The minimum atomic E-state index is -0.955. The first kappa shape index (κ1) is 9.70. The molecule has 4 nitrogen and oxygen atoms in total. The van der Waals surface area contributed by atoms with Crippen LogP contribution in [0.4, 0.5) is 0 Å². The highest BCUT2D eigenvalue weighted by Crippen LogP contribution is 2.28. The molecule has 5 heteroatoms. The summed E-state index contributed by atoms with van der Waals surface area (Å²) in [6, 6.07) is 1.53. The predicted molar refractivity (Wildman–Crippen MR) is 57.7 cm³/mol. The van der Waals surface area contributed by atoms with Crippen LogP contribution in [-0.2, 0) is 6.42 Å². The highest BCUT2D eigenvalue weighted by molar-refractivity contribution is 14.1. The van der Waals surface area contributed by atoms with Crippen molar-refractivity contribution >= 4 is 28.6 Å². The molecule has 1 aromatic heterocycles. The van der Waals surface area contributed by atoms with Gasteiger partial charge in [-0.25, -0.2) is 9.78 Å². The van der Waals surface area contributed by atoms with Crippen molar-refractivity contribution in [3.63, 3.8) is 0 Å². The number of pyridine rings is 1. The number of carboxylic acid groups (broad SMARTS) is 1. The maximum Gasteiger partial charge on any atom is 0.339 e. The summed E-state index contributed by atoms with van der Waals surface area (Å²) in [5, 5.41) is 8.95. The van der Waals surface area contributed by atoms with E-state index in [9.17, 15) is 4.79 Å². The predicted octanol–water partition coefficient (Wildman–Crippen LogP) is 1.71. The fourth-order valence-electron chi connectivity index (χ4n) is 1.46. The number of carboxylic acids is 1. The third kappa shape index (κ3) is 1.68. The van der Waals surface area contributed by atoms with E-state index in [4.69, 9.17) is 9.84 Å². The molecule has 0 spiro atoms. The Bertz CT molecular complexity index is 392. The summed E-state index contributed by atoms with van der Waals surface area (Å²) < 4.78 is 6.02. The normalized spacial score (nSPS) is 14.4. The number of aromatic carboxylic acids is 1. The van der Waals surface area contributed by atoms with E-state index in [0.717, 1.165) is 18.5 Å². The van der Waals surface area contributed by atoms with Crippen LogP contribution in [0.1, 0.15) is 22.5 Å². The molecular weight excluding hydrogens is 297 g/mol. The number of ether oxygens (including phenoxy) is 1. The summed E-state index contributed by atoms with van der Waals surface area (Å²) >= 11 is 2.01. The summed E-state index contributed by atoms with van der Waals surface area (Å²) in [4.78, 5) is 15.2. The second-order valence-electron chi connectivity index (χ2n) is 3.03. The van der Waals surface area contributed by atoms with E-state index in [1.165, 1.54) is 6.07 Å². The Hall–Kier alpha value is -0.850. The minimum Gasteiger partial charge on any atom is -0.491 e. The van der Waals surface area contributed by atoms with E-state index in [1.807, 2.05) is 22.6 Å². The number of aromatic nitrogens is 1. The van der Waals surface area contributed by atoms with Crippen LogP contribution in [-0.4, -0.2) is 22.7 Å². The molecule has 0 amide bonds. The van der Waals surface area contributed by atoms with Gasteiger partial charge in [0.15, 0.2) is 5.75 Å². The summed E-state index contributed by atoms with van der Waals surface area (Å²) in [6.07, 6.45) is 1.70. The number of hydrogen-bond donors (Lipinski definition) is 1. The Labute approximate surface area is 94.4 Å². The quantitative estimate of drug-likeness (QED) is 0.634. The summed E-state index contributed by atoms with van der Waals surface area (Å²) in [6.45, 7) is 0.579. The van der Waals surface area contributed by atoms with Crippen LogP contribution in [0.5, 0.6) is 5.75 Å². The molecule has 14 heavy (non-hydrogen) atoms. The topological polar surface area (TPSA) is 59.4 Å². The molecule has 1 N–H and O–H groups in total. The number of fused-ring (bicyclic) bond motifs is 1. The number of nitrogens with zero attached hydrogens (tertiary/aromatic N) is 1. The Kier molecular flexibility index (Phi) is 2.58. The third-order valence-electron chi connectivity index (χ3n) is 2.05. The van der Waals surface area contributed by atoms with Crippen LogP contribution in [0.2, 0.25) is 0 Å². The van der Waals surface area contributed by atoms with Crippen molar-refractivity contribution in [2.24, 2.45) is 0 Å². The van der Waals surface area contributed by atoms with Crippen LogP contribution in [0.15, 0.2) is 6.07 Å². The molecule has 0 aromatic carbocycles. The number of hydrogen-bond acceptors (Lipinski definition) is 3. The largest absolute Gasteiger partial charge is 0.491 e. The molecule has 1 aliphatic rings. The van der Waals surface area contributed by atoms with Gasteiger partial charge in [-0.15, -0.1) is 0 Å². The lowest BCUT2D eigenvalue weighted by Crippen LogP contribution is -2.15. The van der Waals surface area contributed by atoms with Gasteiger partial charge >= 0.3 is 5.97 Å². The van der Waals surface area contributed by atoms with Crippen molar-refractivity contribution in [2.45, 2.75) is 12.8 Å². The van der Waals surface area contributed by atoms with Crippen LogP contribution < -0.4 is 4.74 Å². The molecule has 0 radical (unpaired) electrons. The lowest BCUT2D eigenvalue weighted by molar-refractivity contribution is 0.0690. The van der Waals surface area contributed by atoms with Gasteiger partial charge in [0.05, 0.1) is 12.3 Å². The Morgan fingerprint density at radius 2 is 2.43 bits per heavy atom. The Morgan fingerprint density at radius 1 is 1.64 bits per heavy atom. The summed E-state index contributed by atoms with van der Waals surface area (Å²) in [5.41, 5.74) is 0.986. The molecule has 0 saturated carbocycles. The van der Waals surface area contributed by atoms with E-state index in [2.05, 4.69) is 4.98 Å². The first-order valence-electron chi connectivity index (χ1n) is 4.24. The van der Waals surface area contributed by atoms with E-state index in [0.29, 0.717) is 16.1 Å². The molecule has 2 heterocycles. The molecule has 1 aliphatic heterocycles. The van der Waals surface area contributed by atoms with Crippen molar-refractivity contribution in [3.8, 4) is 5.75 Å². The third-order valence-corrected chi connectivity index (χ3v) is 2.60. The van der Waals surface area contributed by atoms with Gasteiger partial charge in [0, 0.05) is 0 Å². The number of carbonyl (C=O) groups is 1. The zero-order chi connectivity index (χ0) is 10.1. The first-order valence-corrected chi connectivity index (χ1v) is 5.32. The molecule has 0 bridgehead atoms. The lowest BCUT2D eigenvalue weighted by Gasteiger charge is -2.18. The van der Waals surface area contributed by atoms with Crippen molar-refractivity contribution in [1.29, 1.82) is 0 Å². The Morgan fingerprint density at radius 3 is 3.14 bits per heavy atom. The zero-order valence-electron chi connectivity index (χ0n) is 7.29. The summed E-state index contributed by atoms with van der Waals surface area (Å²) in [5.74, 6) is -0.507. The maximum absolute atomic E-state index is 10.9. The van der Waals surface area contributed by atoms with E-state index in [1.54, 1.807) is 0 Å². The van der Waals surface area contributed by atoms with Crippen molar-refractivity contribution in [2.75, 3.05) is 6.61 Å². The van der Waals surface area contributed by atoms with E-state index < -0.39 is 5.97 Å². The van der Waals surface area contributed by atoms with Gasteiger partial charge in [0.2, 0.25) is 0 Å². The van der Waals surface area contributed by atoms with Gasteiger partial charge in [0.1, 0.15) is 9.26 Å². The smallest absolute Gasteiger partial charge is 0.339 e. The molecule has 0 atom stereocenters. The molecule has 1 aromatic rings. The lowest BCUT2D eigenvalue weighted by atomic mass is 10.1. The highest BCUT2D eigenvalue weighted by Gasteiger charge is 2.20. The van der Waals surface area contributed by atoms with E-state index >= 15 is 0 Å². The number of halogens is 1. The average molecular weight is 305 g/mol. The first-order chi connectivity index (χ1) is 6.68. The van der Waals surface area contributed by atoms with Crippen molar-refractivity contribution in [3.05, 3.63) is 21.0 Å². The molecule has 0 fully saturated rings. The average Bonchev–Trinajstić information content (AvgIpc) is 2.16. The molecule has 74 valence electrons. The van der Waals surface area contributed by atoms with Gasteiger partial charge in [-0.2, -0.15) is 0 Å². The van der Waals surface area contributed by atoms with Gasteiger partial charge in [-0.3, -0.25) is 0 Å². The minimum absolute atomic E-state index is 0.221. The van der Waals surface area contributed by atoms with Gasteiger partial charge in [0.25, 0.3) is 0 Å². The molecule has 2 rings (SSSR count). The fourth-order valence-corrected chi connectivity index (χ4v) is 2.06. The molecule has 0 saturated heterocycles. The number of aryl methyl sites for hydroxylation is 1. The van der Waals surface area contributed by atoms with Crippen molar-refractivity contribution in [1.82, 2.24) is 4.98 Å². The molecular formula is C9H8INO3. The monoisotopic (exact) mass is 305 g/mol. The van der Waals surface area contributed by atoms with Gasteiger partial charge in [-0.05, 0) is 41.5 Å². The van der Waals surface area contributed by atoms with Crippen LogP contribution in [0, 0.1) is 3.70 Å². The highest BCUT2D eigenvalue weighted by atomic mass is 127. The fraction of sp³-hybridized carbons (Fsp3) is 0.333. The Balaban J connectivity index is 2.58. The second kappa shape index (κ2) is 3.72. The van der Waals surface area contributed by atoms with Crippen molar-refractivity contribution < 1.29 is 14.6 Å². The van der Waals surface area contributed by atoms with Gasteiger partial charge < -0.3 is 9.84 Å². The van der Waals surface area contributed by atoms with E-state index in [-0.39, 0.29) is 5.56 Å². The molecule has 0 unspecified atom stereocenters. The standard InChI is InChI=1S/C9H8INO3/c10-7-4-5(9(12)13)8-6(11-7)2-1-3-14-8/h4H,1-3H2,(H,12,13). The van der Waals surface area contributed by atoms with Crippen LogP contribution >= 0.6 is 22.6 Å². The van der Waals surface area contributed by atoms with Crippen LogP contribution in [0.25, 0.3) is 0 Å². The summed E-state index contributed by atoms with van der Waals surface area (Å²) in [7, 11) is 0. The zero-order valence-corrected chi connectivity index (χ0v) is 9.45. The SMILES string of the molecule is O=C(O)c1cc(I)nc2c1OCCC2. The number of rotatable bonds is 1. The maximum atomic E-state index is 10.9. The second-order valence-corrected chi connectivity index (χ2v) is 4.13.